The summed E-state index contributed by atoms with van der Waals surface area (Å²) < 4.78 is 0. The summed E-state index contributed by atoms with van der Waals surface area (Å²) in [5.74, 6) is 2.31. The highest BCUT2D eigenvalue weighted by Crippen LogP contribution is 2.15. The van der Waals surface area contributed by atoms with Gasteiger partial charge in [0.05, 0.1) is 0 Å². The summed E-state index contributed by atoms with van der Waals surface area (Å²) in [6, 6.07) is 0. The number of hydrogen-bond acceptors (Lipinski definition) is 3. The van der Waals surface area contributed by atoms with Gasteiger partial charge in [-0.25, -0.2) is 15.0 Å². The molecule has 1 aromatic rings. The molecule has 15 heavy (non-hydrogen) atoms. The first kappa shape index (κ1) is 11.6. The lowest BCUT2D eigenvalue weighted by Gasteiger charge is -2.04. The molecule has 0 N–H and O–H groups in total. The third-order valence-electron chi connectivity index (χ3n) is 2.20. The summed E-state index contributed by atoms with van der Waals surface area (Å²) in [5.41, 5.74) is 2.28. The van der Waals surface area contributed by atoms with Crippen LogP contribution >= 0.6 is 0 Å². The highest BCUT2D eigenvalue weighted by molar-refractivity contribution is 5.63. The largest absolute Gasteiger partial charge is 0.219 e. The summed E-state index contributed by atoms with van der Waals surface area (Å²) in [6.45, 7) is 9.86. The molecule has 0 saturated carbocycles. The third kappa shape index (κ3) is 2.98. The summed E-state index contributed by atoms with van der Waals surface area (Å²) in [7, 11) is 0. The van der Waals surface area contributed by atoms with Gasteiger partial charge in [-0.3, -0.25) is 0 Å². The van der Waals surface area contributed by atoms with Crippen LogP contribution in [0.25, 0.3) is 5.57 Å². The van der Waals surface area contributed by atoms with Crippen molar-refractivity contribution in [1.82, 2.24) is 15.0 Å². The van der Waals surface area contributed by atoms with E-state index in [1.165, 1.54) is 5.57 Å². The maximum Gasteiger partial charge on any atom is 0.159 e. The Balaban J connectivity index is 3.21. The molecule has 0 spiro atoms. The average molecular weight is 203 g/mol. The molecule has 0 saturated heterocycles. The van der Waals surface area contributed by atoms with E-state index in [2.05, 4.69) is 28.0 Å². The van der Waals surface area contributed by atoms with Crippen molar-refractivity contribution in [3.05, 3.63) is 35.2 Å². The van der Waals surface area contributed by atoms with E-state index in [9.17, 15) is 0 Å². The fourth-order valence-electron chi connectivity index (χ4n) is 1.33. The van der Waals surface area contributed by atoms with E-state index >= 15 is 0 Å². The second-order valence-corrected chi connectivity index (χ2v) is 3.56. The van der Waals surface area contributed by atoms with E-state index in [1.807, 2.05) is 33.8 Å². The van der Waals surface area contributed by atoms with Gasteiger partial charge in [-0.1, -0.05) is 12.2 Å². The first-order valence-electron chi connectivity index (χ1n) is 5.04. The standard InChI is InChI=1S/C12H17N3/c1-6-7-8(2)9(3)12-14-10(4)13-11(5)15-12/h6-7H,1-5H3/b7-6-,9-8+. The van der Waals surface area contributed by atoms with Crippen LogP contribution in [0.1, 0.15) is 38.2 Å². The van der Waals surface area contributed by atoms with Gasteiger partial charge >= 0.3 is 0 Å². The van der Waals surface area contributed by atoms with Gasteiger partial charge in [0, 0.05) is 0 Å². The normalized spacial score (nSPS) is 13.1. The smallest absolute Gasteiger partial charge is 0.159 e. The van der Waals surface area contributed by atoms with Crippen LogP contribution in [-0.2, 0) is 0 Å². The summed E-state index contributed by atoms with van der Waals surface area (Å²) in [5, 5.41) is 0. The molecule has 0 aromatic carbocycles. The van der Waals surface area contributed by atoms with Gasteiger partial charge in [-0.2, -0.15) is 0 Å². The topological polar surface area (TPSA) is 38.7 Å². The van der Waals surface area contributed by atoms with Gasteiger partial charge in [0.15, 0.2) is 5.82 Å². The Kier molecular flexibility index (Phi) is 3.72. The molecule has 0 bridgehead atoms. The van der Waals surface area contributed by atoms with Crippen LogP contribution in [0.3, 0.4) is 0 Å². The number of aromatic nitrogens is 3. The molecule has 0 amide bonds. The molecule has 0 atom stereocenters. The molecule has 3 heteroatoms. The lowest BCUT2D eigenvalue weighted by molar-refractivity contribution is 0.899. The number of rotatable bonds is 2. The van der Waals surface area contributed by atoms with Gasteiger partial charge in [0.25, 0.3) is 0 Å². The Labute approximate surface area is 91.0 Å². The fraction of sp³-hybridized carbons (Fsp3) is 0.417. The van der Waals surface area contributed by atoms with Crippen LogP contribution in [0.2, 0.25) is 0 Å². The van der Waals surface area contributed by atoms with E-state index in [-0.39, 0.29) is 0 Å². The molecule has 0 fully saturated rings. The van der Waals surface area contributed by atoms with Crippen molar-refractivity contribution in [2.24, 2.45) is 0 Å². The van der Waals surface area contributed by atoms with Crippen LogP contribution in [0.15, 0.2) is 17.7 Å². The molecule has 0 aliphatic rings. The average Bonchev–Trinajstić information content (AvgIpc) is 2.15. The van der Waals surface area contributed by atoms with E-state index in [0.717, 1.165) is 23.0 Å². The second-order valence-electron chi connectivity index (χ2n) is 3.56. The molecule has 0 radical (unpaired) electrons. The molecule has 0 aliphatic carbocycles. The van der Waals surface area contributed by atoms with Crippen molar-refractivity contribution >= 4 is 5.57 Å². The fourth-order valence-corrected chi connectivity index (χ4v) is 1.33. The molecular weight excluding hydrogens is 186 g/mol. The second kappa shape index (κ2) is 4.82. The zero-order valence-corrected chi connectivity index (χ0v) is 10.00. The molecule has 1 rings (SSSR count). The predicted molar refractivity (Wildman–Crippen MR) is 62.4 cm³/mol. The van der Waals surface area contributed by atoms with E-state index in [0.29, 0.717) is 0 Å². The Morgan fingerprint density at radius 1 is 1.00 bits per heavy atom. The zero-order chi connectivity index (χ0) is 11.4. The van der Waals surface area contributed by atoms with E-state index < -0.39 is 0 Å². The van der Waals surface area contributed by atoms with Crippen LogP contribution in [0, 0.1) is 13.8 Å². The Hall–Kier alpha value is -1.51. The molecule has 1 aromatic heterocycles. The van der Waals surface area contributed by atoms with Gasteiger partial charge in [-0.05, 0) is 45.8 Å². The molecule has 0 unspecified atom stereocenters. The van der Waals surface area contributed by atoms with Crippen LogP contribution in [0.5, 0.6) is 0 Å². The van der Waals surface area contributed by atoms with Gasteiger partial charge in [-0.15, -0.1) is 0 Å². The Morgan fingerprint density at radius 3 is 2.00 bits per heavy atom. The van der Waals surface area contributed by atoms with Crippen molar-refractivity contribution in [2.45, 2.75) is 34.6 Å². The van der Waals surface area contributed by atoms with Gasteiger partial charge < -0.3 is 0 Å². The Morgan fingerprint density at radius 2 is 1.53 bits per heavy atom. The van der Waals surface area contributed by atoms with Crippen molar-refractivity contribution in [2.75, 3.05) is 0 Å². The van der Waals surface area contributed by atoms with Crippen molar-refractivity contribution in [3.8, 4) is 0 Å². The van der Waals surface area contributed by atoms with Gasteiger partial charge in [0.1, 0.15) is 11.6 Å². The number of allylic oxidation sites excluding steroid dienone is 4. The van der Waals surface area contributed by atoms with E-state index in [4.69, 9.17) is 0 Å². The quantitative estimate of drug-likeness (QED) is 0.694. The lowest BCUT2D eigenvalue weighted by Crippen LogP contribution is -2.01. The maximum atomic E-state index is 4.32. The minimum atomic E-state index is 0.769. The first-order chi connectivity index (χ1) is 7.04. The highest BCUT2D eigenvalue weighted by Gasteiger charge is 2.04. The first-order valence-corrected chi connectivity index (χ1v) is 5.04. The molecule has 1 heterocycles. The molecule has 80 valence electrons. The minimum absolute atomic E-state index is 0.769. The molecule has 3 nitrogen and oxygen atoms in total. The predicted octanol–water partition coefficient (Wildman–Crippen LogP) is 2.86. The summed E-state index contributed by atoms with van der Waals surface area (Å²) >= 11 is 0. The summed E-state index contributed by atoms with van der Waals surface area (Å²) in [4.78, 5) is 12.8. The van der Waals surface area contributed by atoms with Crippen LogP contribution < -0.4 is 0 Å². The van der Waals surface area contributed by atoms with Gasteiger partial charge in [0.2, 0.25) is 0 Å². The van der Waals surface area contributed by atoms with Crippen LogP contribution in [-0.4, -0.2) is 15.0 Å². The maximum absolute atomic E-state index is 4.32. The zero-order valence-electron chi connectivity index (χ0n) is 10.00. The number of nitrogens with zero attached hydrogens (tertiary/aromatic N) is 3. The molecule has 0 aliphatic heterocycles. The summed E-state index contributed by atoms with van der Waals surface area (Å²) in [6.07, 6.45) is 4.07. The number of hydrogen-bond donors (Lipinski definition) is 0. The van der Waals surface area contributed by atoms with Crippen molar-refractivity contribution in [1.29, 1.82) is 0 Å². The minimum Gasteiger partial charge on any atom is -0.219 e. The molecular formula is C12H17N3. The van der Waals surface area contributed by atoms with Crippen LogP contribution in [0.4, 0.5) is 0 Å². The highest BCUT2D eigenvalue weighted by atomic mass is 15.0. The monoisotopic (exact) mass is 203 g/mol. The lowest BCUT2D eigenvalue weighted by atomic mass is 10.1. The third-order valence-corrected chi connectivity index (χ3v) is 2.20. The van der Waals surface area contributed by atoms with E-state index in [1.54, 1.807) is 0 Å². The van der Waals surface area contributed by atoms with Crippen molar-refractivity contribution in [3.63, 3.8) is 0 Å². The number of aryl methyl sites for hydroxylation is 2. The Bertz CT molecular complexity index is 397. The SMILES string of the molecule is C/C=C\C(C)=C(/C)c1nc(C)nc(C)n1. The van der Waals surface area contributed by atoms with Crippen molar-refractivity contribution < 1.29 is 0 Å².